The van der Waals surface area contributed by atoms with Crippen molar-refractivity contribution in [3.8, 4) is 11.4 Å². The molecule has 6 heterocycles. The lowest BCUT2D eigenvalue weighted by Crippen LogP contribution is -2.56. The normalized spacial score (nSPS) is 25.7. The number of amides is 2. The summed E-state index contributed by atoms with van der Waals surface area (Å²) in [6.45, 7) is 1.74. The number of nitrogens with one attached hydrogen (secondary N) is 2. The zero-order valence-electron chi connectivity index (χ0n) is 20.9. The molecule has 3 aliphatic heterocycles. The summed E-state index contributed by atoms with van der Waals surface area (Å²) in [5.41, 5.74) is 2.15. The van der Waals surface area contributed by atoms with Crippen LogP contribution in [0.4, 0.5) is 25.1 Å². The van der Waals surface area contributed by atoms with Gasteiger partial charge in [0.1, 0.15) is 5.69 Å². The van der Waals surface area contributed by atoms with Gasteiger partial charge < -0.3 is 25.0 Å². The predicted octanol–water partition coefficient (Wildman–Crippen LogP) is 2.83. The number of likely N-dealkylation sites (tertiary alicyclic amines) is 1. The van der Waals surface area contributed by atoms with Crippen LogP contribution in [-0.4, -0.2) is 91.4 Å². The van der Waals surface area contributed by atoms with E-state index in [4.69, 9.17) is 9.84 Å². The zero-order valence-corrected chi connectivity index (χ0v) is 20.9. The van der Waals surface area contributed by atoms with Gasteiger partial charge in [-0.2, -0.15) is 10.2 Å². The van der Waals surface area contributed by atoms with E-state index in [0.717, 1.165) is 24.8 Å². The number of hydrogen-bond acceptors (Lipinski definition) is 7. The molecule has 3 aromatic heterocycles. The summed E-state index contributed by atoms with van der Waals surface area (Å²) in [4.78, 5) is 21.2. The van der Waals surface area contributed by atoms with Crippen LogP contribution in [0.25, 0.3) is 22.3 Å². The molecule has 4 aliphatic rings. The van der Waals surface area contributed by atoms with Crippen LogP contribution in [0.3, 0.4) is 0 Å². The van der Waals surface area contributed by atoms with E-state index in [1.807, 2.05) is 15.6 Å². The van der Waals surface area contributed by atoms with Crippen LogP contribution in [0.2, 0.25) is 0 Å². The number of anilines is 2. The number of halogens is 2. The van der Waals surface area contributed by atoms with Crippen LogP contribution >= 0.6 is 0 Å². The van der Waals surface area contributed by atoms with Crippen LogP contribution < -0.4 is 10.2 Å². The molecule has 3 saturated heterocycles. The van der Waals surface area contributed by atoms with E-state index < -0.39 is 5.92 Å². The number of urea groups is 1. The zero-order chi connectivity index (χ0) is 26.1. The van der Waals surface area contributed by atoms with E-state index in [1.165, 1.54) is 0 Å². The first-order valence-corrected chi connectivity index (χ1v) is 13.2. The van der Waals surface area contributed by atoms with Crippen molar-refractivity contribution in [1.29, 1.82) is 0 Å². The third-order valence-electron chi connectivity index (χ3n) is 8.30. The monoisotopic (exact) mass is 528 g/mol. The number of hydrogen-bond donors (Lipinski definition) is 3. The van der Waals surface area contributed by atoms with Gasteiger partial charge in [0.25, 0.3) is 5.92 Å². The molecular weight excluding hydrogens is 498 g/mol. The smallest absolute Gasteiger partial charge is 0.322 e. The summed E-state index contributed by atoms with van der Waals surface area (Å²) in [6.07, 6.45) is 6.73. The number of fused-ring (bicyclic) bond motifs is 1. The highest BCUT2D eigenvalue weighted by atomic mass is 19.3. The number of ether oxygens (including phenoxy) is 1. The van der Waals surface area contributed by atoms with Gasteiger partial charge in [-0.3, -0.25) is 14.8 Å². The van der Waals surface area contributed by atoms with E-state index >= 15 is 0 Å². The Morgan fingerprint density at radius 1 is 1.26 bits per heavy atom. The number of carbonyl (C=O) groups is 1. The van der Waals surface area contributed by atoms with Crippen LogP contribution in [-0.2, 0) is 11.3 Å². The Morgan fingerprint density at radius 2 is 2.11 bits per heavy atom. The van der Waals surface area contributed by atoms with Crippen LogP contribution in [0, 0.1) is 5.92 Å². The average Bonchev–Trinajstić information content (AvgIpc) is 3.25. The molecule has 4 fully saturated rings. The molecule has 0 radical (unpaired) electrons. The first-order chi connectivity index (χ1) is 18.3. The molecule has 13 heteroatoms. The molecule has 1 saturated carbocycles. The first-order valence-electron chi connectivity index (χ1n) is 13.2. The van der Waals surface area contributed by atoms with Crippen molar-refractivity contribution >= 4 is 28.4 Å². The summed E-state index contributed by atoms with van der Waals surface area (Å²) < 4.78 is 34.7. The summed E-state index contributed by atoms with van der Waals surface area (Å²) in [5, 5.41) is 25.6. The number of piperidine rings is 1. The average molecular weight is 529 g/mol. The Kier molecular flexibility index (Phi) is 5.38. The van der Waals surface area contributed by atoms with Crippen molar-refractivity contribution in [2.45, 2.75) is 56.2 Å². The Bertz CT molecular complexity index is 1370. The van der Waals surface area contributed by atoms with Gasteiger partial charge in [0.2, 0.25) is 0 Å². The lowest BCUT2D eigenvalue weighted by molar-refractivity contribution is -0.0266. The van der Waals surface area contributed by atoms with Crippen molar-refractivity contribution < 1.29 is 23.4 Å². The van der Waals surface area contributed by atoms with Gasteiger partial charge in [-0.05, 0) is 38.2 Å². The molecule has 3 aromatic rings. The third-order valence-corrected chi connectivity index (χ3v) is 8.30. The minimum atomic E-state index is -2.71. The molecule has 0 bridgehead atoms. The minimum Gasteiger partial charge on any atom is -0.393 e. The molecule has 202 valence electrons. The fourth-order valence-electron chi connectivity index (χ4n) is 6.06. The Morgan fingerprint density at radius 3 is 2.84 bits per heavy atom. The fourth-order valence-corrected chi connectivity index (χ4v) is 6.06. The third kappa shape index (κ3) is 4.08. The summed E-state index contributed by atoms with van der Waals surface area (Å²) in [5.74, 6) is -1.92. The van der Waals surface area contributed by atoms with E-state index in [-0.39, 0.29) is 30.8 Å². The molecule has 1 aliphatic carbocycles. The number of pyridine rings is 1. The Hall–Kier alpha value is -3.32. The molecule has 1 spiro atoms. The fraction of sp³-hybridized carbons (Fsp3) is 0.600. The molecule has 2 unspecified atom stereocenters. The summed E-state index contributed by atoms with van der Waals surface area (Å²) >= 11 is 0. The van der Waals surface area contributed by atoms with E-state index in [2.05, 4.69) is 20.5 Å². The molecule has 0 aromatic carbocycles. The summed E-state index contributed by atoms with van der Waals surface area (Å²) in [7, 11) is 0. The second-order valence-electron chi connectivity index (χ2n) is 11.1. The molecule has 2 atom stereocenters. The number of aromatic nitrogens is 5. The second-order valence-corrected chi connectivity index (χ2v) is 11.1. The molecule has 3 N–H and O–H groups in total. The van der Waals surface area contributed by atoms with Gasteiger partial charge in [-0.15, -0.1) is 0 Å². The Balaban J connectivity index is 1.18. The highest BCUT2D eigenvalue weighted by Gasteiger charge is 2.53. The van der Waals surface area contributed by atoms with Gasteiger partial charge in [0.05, 0.1) is 54.3 Å². The lowest BCUT2D eigenvalue weighted by atomic mass is 9.98. The van der Waals surface area contributed by atoms with Gasteiger partial charge in [-0.25, -0.2) is 13.6 Å². The first kappa shape index (κ1) is 23.8. The SMILES string of the molecule is O=C(Nc1cn[nH]c1-c1cc2c(cn1)c(N1CC(F)(F)C1)nn2CC1CCOC1)N1CCC(O)CC12CC2. The van der Waals surface area contributed by atoms with Crippen molar-refractivity contribution in [1.82, 2.24) is 29.9 Å². The number of aromatic amines is 1. The molecule has 2 amide bonds. The lowest BCUT2D eigenvalue weighted by Gasteiger charge is -2.39. The predicted molar refractivity (Wildman–Crippen MR) is 134 cm³/mol. The molecular formula is C25H30F2N8O3. The van der Waals surface area contributed by atoms with Gasteiger partial charge >= 0.3 is 6.03 Å². The van der Waals surface area contributed by atoms with E-state index in [9.17, 15) is 18.7 Å². The Labute approximate surface area is 217 Å². The van der Waals surface area contributed by atoms with Gasteiger partial charge in [0, 0.05) is 37.4 Å². The number of aliphatic hydroxyl groups is 1. The van der Waals surface area contributed by atoms with Crippen LogP contribution in [0.1, 0.15) is 32.1 Å². The number of nitrogens with zero attached hydrogens (tertiary/aromatic N) is 6. The molecule has 11 nitrogen and oxygen atoms in total. The van der Waals surface area contributed by atoms with Crippen LogP contribution in [0.5, 0.6) is 0 Å². The van der Waals surface area contributed by atoms with E-state index in [0.29, 0.717) is 73.3 Å². The number of alkyl halides is 2. The second kappa shape index (κ2) is 8.60. The maximum absolute atomic E-state index is 13.6. The van der Waals surface area contributed by atoms with Crippen molar-refractivity contribution in [3.05, 3.63) is 18.5 Å². The number of H-pyrrole nitrogens is 1. The standard InChI is InChI=1S/C25H30F2N8O3/c26-25(27)13-33(14-25)22-17-9-28-18(7-20(17)35(32-22)11-15-2-6-38-12-15)21-19(10-29-31-21)30-23(37)34-5-1-16(36)8-24(34)3-4-24/h7,9-10,15-16,36H,1-6,8,11-14H2,(H,29,31)(H,30,37). The molecule has 38 heavy (non-hydrogen) atoms. The maximum Gasteiger partial charge on any atom is 0.322 e. The molecule has 7 rings (SSSR count). The van der Waals surface area contributed by atoms with Crippen molar-refractivity contribution in [3.63, 3.8) is 0 Å². The summed E-state index contributed by atoms with van der Waals surface area (Å²) in [6, 6.07) is 1.65. The van der Waals surface area contributed by atoms with Gasteiger partial charge in [0.15, 0.2) is 5.82 Å². The van der Waals surface area contributed by atoms with Gasteiger partial charge in [-0.1, -0.05) is 0 Å². The van der Waals surface area contributed by atoms with E-state index in [1.54, 1.807) is 17.3 Å². The number of rotatable bonds is 5. The highest BCUT2D eigenvalue weighted by molar-refractivity contribution is 5.96. The quantitative estimate of drug-likeness (QED) is 0.465. The number of aliphatic hydroxyl groups excluding tert-OH is 1. The van der Waals surface area contributed by atoms with Crippen molar-refractivity contribution in [2.75, 3.05) is 43.1 Å². The minimum absolute atomic E-state index is 0.217. The maximum atomic E-state index is 13.6. The largest absolute Gasteiger partial charge is 0.393 e. The highest BCUT2D eigenvalue weighted by Crippen LogP contribution is 2.48. The topological polar surface area (TPSA) is 124 Å². The van der Waals surface area contributed by atoms with Crippen LogP contribution in [0.15, 0.2) is 18.5 Å². The number of carbonyl (C=O) groups excluding carboxylic acids is 1. The van der Waals surface area contributed by atoms with Crippen molar-refractivity contribution in [2.24, 2.45) is 5.92 Å².